The van der Waals surface area contributed by atoms with Crippen molar-refractivity contribution in [3.05, 3.63) is 17.5 Å². The fourth-order valence-electron chi connectivity index (χ4n) is 3.12. The predicted octanol–water partition coefficient (Wildman–Crippen LogP) is 3.17. The molecule has 2 rings (SSSR count). The second-order valence-corrected chi connectivity index (χ2v) is 6.65. The van der Waals surface area contributed by atoms with Gasteiger partial charge in [-0.1, -0.05) is 20.3 Å². The molecule has 1 aliphatic carbocycles. The fourth-order valence-corrected chi connectivity index (χ4v) is 3.12. The van der Waals surface area contributed by atoms with E-state index in [-0.39, 0.29) is 0 Å². The Morgan fingerprint density at radius 2 is 2.16 bits per heavy atom. The standard InChI is InChI=1S/C16H29N3/c1-5-19-15(9-14(4)18-19)10-16(7-6-8-16)12-17-11-13(2)3/h9,13,17H,5-8,10-12H2,1-4H3. The minimum atomic E-state index is 0.494. The van der Waals surface area contributed by atoms with Gasteiger partial charge in [0.15, 0.2) is 0 Å². The molecule has 1 fully saturated rings. The van der Waals surface area contributed by atoms with Crippen LogP contribution in [0.15, 0.2) is 6.07 Å². The zero-order chi connectivity index (χ0) is 13.9. The number of hydrogen-bond donors (Lipinski definition) is 1. The molecule has 0 aromatic carbocycles. The van der Waals surface area contributed by atoms with Gasteiger partial charge in [-0.3, -0.25) is 4.68 Å². The van der Waals surface area contributed by atoms with Crippen LogP contribution in [0, 0.1) is 18.3 Å². The van der Waals surface area contributed by atoms with Gasteiger partial charge >= 0.3 is 0 Å². The molecule has 1 aromatic heterocycles. The topological polar surface area (TPSA) is 29.9 Å². The van der Waals surface area contributed by atoms with Gasteiger partial charge in [0.05, 0.1) is 5.69 Å². The zero-order valence-corrected chi connectivity index (χ0v) is 13.0. The van der Waals surface area contributed by atoms with Crippen molar-refractivity contribution >= 4 is 0 Å². The van der Waals surface area contributed by atoms with Crippen molar-refractivity contribution in [1.29, 1.82) is 0 Å². The second kappa shape index (κ2) is 6.08. The van der Waals surface area contributed by atoms with Crippen molar-refractivity contribution in [3.63, 3.8) is 0 Å². The van der Waals surface area contributed by atoms with Crippen molar-refractivity contribution in [2.75, 3.05) is 13.1 Å². The van der Waals surface area contributed by atoms with Crippen LogP contribution in [-0.4, -0.2) is 22.9 Å². The number of rotatable bonds is 7. The van der Waals surface area contributed by atoms with Crippen molar-refractivity contribution < 1.29 is 0 Å². The molecular formula is C16H29N3. The quantitative estimate of drug-likeness (QED) is 0.819. The highest BCUT2D eigenvalue weighted by Crippen LogP contribution is 2.43. The molecule has 0 unspecified atom stereocenters. The van der Waals surface area contributed by atoms with E-state index in [1.807, 2.05) is 0 Å². The normalized spacial score (nSPS) is 17.7. The molecule has 1 saturated carbocycles. The monoisotopic (exact) mass is 263 g/mol. The van der Waals surface area contributed by atoms with E-state index in [1.165, 1.54) is 37.9 Å². The van der Waals surface area contributed by atoms with Crippen LogP contribution in [0.25, 0.3) is 0 Å². The third-order valence-corrected chi connectivity index (χ3v) is 4.31. The molecule has 1 N–H and O–H groups in total. The average molecular weight is 263 g/mol. The van der Waals surface area contributed by atoms with Crippen molar-refractivity contribution in [2.45, 2.75) is 59.9 Å². The SMILES string of the molecule is CCn1nc(C)cc1CC1(CNCC(C)C)CCC1. The van der Waals surface area contributed by atoms with Crippen LogP contribution in [0.3, 0.4) is 0 Å². The van der Waals surface area contributed by atoms with E-state index in [9.17, 15) is 0 Å². The first-order valence-electron chi connectivity index (χ1n) is 7.79. The van der Waals surface area contributed by atoms with Crippen molar-refractivity contribution in [3.8, 4) is 0 Å². The molecule has 0 amide bonds. The summed E-state index contributed by atoms with van der Waals surface area (Å²) in [6.07, 6.45) is 5.31. The molecule has 0 aliphatic heterocycles. The summed E-state index contributed by atoms with van der Waals surface area (Å²) in [5, 5.41) is 8.24. The highest BCUT2D eigenvalue weighted by Gasteiger charge is 2.37. The van der Waals surface area contributed by atoms with Gasteiger partial charge in [0.2, 0.25) is 0 Å². The second-order valence-electron chi connectivity index (χ2n) is 6.65. The first kappa shape index (κ1) is 14.6. The molecule has 0 atom stereocenters. The summed E-state index contributed by atoms with van der Waals surface area (Å²) in [7, 11) is 0. The molecule has 108 valence electrons. The summed E-state index contributed by atoms with van der Waals surface area (Å²) in [6.45, 7) is 12.1. The molecule has 0 radical (unpaired) electrons. The molecule has 19 heavy (non-hydrogen) atoms. The van der Waals surface area contributed by atoms with E-state index < -0.39 is 0 Å². The molecule has 0 spiro atoms. The first-order chi connectivity index (χ1) is 9.04. The summed E-state index contributed by atoms with van der Waals surface area (Å²) in [5.41, 5.74) is 3.07. The maximum atomic E-state index is 4.58. The van der Waals surface area contributed by atoms with Gasteiger partial charge < -0.3 is 5.32 Å². The Morgan fingerprint density at radius 1 is 1.42 bits per heavy atom. The van der Waals surface area contributed by atoms with Crippen LogP contribution in [0.5, 0.6) is 0 Å². The number of aryl methyl sites for hydroxylation is 2. The molecule has 3 nitrogen and oxygen atoms in total. The van der Waals surface area contributed by atoms with E-state index >= 15 is 0 Å². The Bertz CT molecular complexity index is 402. The van der Waals surface area contributed by atoms with Crippen LogP contribution in [0.1, 0.15) is 51.4 Å². The highest BCUT2D eigenvalue weighted by atomic mass is 15.3. The van der Waals surface area contributed by atoms with Crippen LogP contribution in [0.2, 0.25) is 0 Å². The summed E-state index contributed by atoms with van der Waals surface area (Å²) in [4.78, 5) is 0. The largest absolute Gasteiger partial charge is 0.316 e. The Kier molecular flexibility index (Phi) is 4.67. The molecule has 0 bridgehead atoms. The van der Waals surface area contributed by atoms with Crippen LogP contribution in [0.4, 0.5) is 0 Å². The molecule has 1 heterocycles. The lowest BCUT2D eigenvalue weighted by molar-refractivity contribution is 0.125. The van der Waals surface area contributed by atoms with Crippen LogP contribution in [-0.2, 0) is 13.0 Å². The van der Waals surface area contributed by atoms with Gasteiger partial charge in [-0.05, 0) is 57.1 Å². The molecular weight excluding hydrogens is 234 g/mol. The van der Waals surface area contributed by atoms with Gasteiger partial charge in [-0.15, -0.1) is 0 Å². The van der Waals surface area contributed by atoms with Gasteiger partial charge in [0, 0.05) is 18.8 Å². The van der Waals surface area contributed by atoms with Crippen molar-refractivity contribution in [2.24, 2.45) is 11.3 Å². The van der Waals surface area contributed by atoms with Gasteiger partial charge in [0.25, 0.3) is 0 Å². The number of aromatic nitrogens is 2. The summed E-state index contributed by atoms with van der Waals surface area (Å²) >= 11 is 0. The van der Waals surface area contributed by atoms with E-state index in [1.54, 1.807) is 0 Å². The van der Waals surface area contributed by atoms with E-state index in [2.05, 4.69) is 48.9 Å². The van der Waals surface area contributed by atoms with E-state index in [0.717, 1.165) is 24.7 Å². The number of hydrogen-bond acceptors (Lipinski definition) is 2. The third-order valence-electron chi connectivity index (χ3n) is 4.31. The predicted molar refractivity (Wildman–Crippen MR) is 80.3 cm³/mol. The lowest BCUT2D eigenvalue weighted by Crippen LogP contribution is -2.43. The smallest absolute Gasteiger partial charge is 0.0596 e. The molecule has 1 aliphatic rings. The highest BCUT2D eigenvalue weighted by molar-refractivity contribution is 5.13. The van der Waals surface area contributed by atoms with E-state index in [4.69, 9.17) is 0 Å². The third kappa shape index (κ3) is 3.59. The van der Waals surface area contributed by atoms with Gasteiger partial charge in [-0.25, -0.2) is 0 Å². The average Bonchev–Trinajstić information content (AvgIpc) is 2.65. The fraction of sp³-hybridized carbons (Fsp3) is 0.812. The summed E-state index contributed by atoms with van der Waals surface area (Å²) < 4.78 is 2.18. The van der Waals surface area contributed by atoms with Crippen molar-refractivity contribution in [1.82, 2.24) is 15.1 Å². The maximum Gasteiger partial charge on any atom is 0.0596 e. The van der Waals surface area contributed by atoms with Gasteiger partial charge in [0.1, 0.15) is 0 Å². The minimum Gasteiger partial charge on any atom is -0.316 e. The molecule has 0 saturated heterocycles. The Labute approximate surface area is 117 Å². The minimum absolute atomic E-state index is 0.494. The zero-order valence-electron chi connectivity index (χ0n) is 13.0. The van der Waals surface area contributed by atoms with Crippen LogP contribution >= 0.6 is 0 Å². The Balaban J connectivity index is 1.97. The van der Waals surface area contributed by atoms with E-state index in [0.29, 0.717) is 5.41 Å². The Morgan fingerprint density at radius 3 is 2.68 bits per heavy atom. The number of nitrogens with zero attached hydrogens (tertiary/aromatic N) is 2. The lowest BCUT2D eigenvalue weighted by Gasteiger charge is -2.42. The molecule has 3 heteroatoms. The summed E-state index contributed by atoms with van der Waals surface area (Å²) in [6, 6.07) is 2.27. The number of nitrogens with one attached hydrogen (secondary N) is 1. The first-order valence-corrected chi connectivity index (χ1v) is 7.79. The van der Waals surface area contributed by atoms with Gasteiger partial charge in [-0.2, -0.15) is 5.10 Å². The lowest BCUT2D eigenvalue weighted by atomic mass is 9.66. The molecule has 1 aromatic rings. The maximum absolute atomic E-state index is 4.58. The summed E-state index contributed by atoms with van der Waals surface area (Å²) in [5.74, 6) is 0.737. The Hall–Kier alpha value is -0.830. The van der Waals surface area contributed by atoms with Crippen LogP contribution < -0.4 is 5.32 Å².